The average Bonchev–Trinajstić information content (AvgIpc) is 2.67. The van der Waals surface area contributed by atoms with Crippen molar-refractivity contribution in [3.63, 3.8) is 0 Å². The highest BCUT2D eigenvalue weighted by atomic mass is 35.5. The number of aromatic nitrogens is 2. The van der Waals surface area contributed by atoms with E-state index in [1.165, 1.54) is 6.07 Å². The van der Waals surface area contributed by atoms with Crippen molar-refractivity contribution >= 4 is 40.6 Å². The van der Waals surface area contributed by atoms with Crippen molar-refractivity contribution in [2.45, 2.75) is 6.54 Å². The number of halogens is 3. The van der Waals surface area contributed by atoms with E-state index in [0.717, 1.165) is 17.0 Å². The molecule has 3 rings (SSSR count). The van der Waals surface area contributed by atoms with E-state index in [1.807, 2.05) is 0 Å². The van der Waals surface area contributed by atoms with Crippen LogP contribution in [0.3, 0.4) is 0 Å². The molecule has 1 aliphatic heterocycles. The van der Waals surface area contributed by atoms with Gasteiger partial charge in [0.25, 0.3) is 11.7 Å². The number of carbonyl (C=O) groups is 2. The summed E-state index contributed by atoms with van der Waals surface area (Å²) in [7, 11) is 0. The van der Waals surface area contributed by atoms with Gasteiger partial charge in [-0.2, -0.15) is 5.10 Å². The van der Waals surface area contributed by atoms with Crippen LogP contribution >= 0.6 is 23.2 Å². The second-order valence-electron chi connectivity index (χ2n) is 4.35. The van der Waals surface area contributed by atoms with E-state index in [0.29, 0.717) is 5.69 Å². The van der Waals surface area contributed by atoms with Crippen molar-refractivity contribution in [1.82, 2.24) is 10.2 Å². The maximum atomic E-state index is 13.6. The summed E-state index contributed by atoms with van der Waals surface area (Å²) < 4.78 is 13.6. The van der Waals surface area contributed by atoms with Crippen LogP contribution in [0.1, 0.15) is 16.1 Å². The number of rotatable bonds is 2. The first-order valence-corrected chi connectivity index (χ1v) is 6.56. The maximum Gasteiger partial charge on any atom is 0.299 e. The molecule has 0 fully saturated rings. The second-order valence-corrected chi connectivity index (χ2v) is 5.15. The third kappa shape index (κ3) is 2.36. The molecule has 8 heteroatoms. The maximum absolute atomic E-state index is 13.6. The first-order chi connectivity index (χ1) is 9.97. The number of ketones is 1. The van der Waals surface area contributed by atoms with E-state index >= 15 is 0 Å². The zero-order valence-corrected chi connectivity index (χ0v) is 11.8. The molecule has 1 aromatic heterocycles. The summed E-state index contributed by atoms with van der Waals surface area (Å²) in [4.78, 5) is 25.0. The largest absolute Gasteiger partial charge is 0.299 e. The lowest BCUT2D eigenvalue weighted by molar-refractivity contribution is -0.114. The number of amides is 1. The zero-order chi connectivity index (χ0) is 15.1. The molecule has 2 heterocycles. The third-order valence-electron chi connectivity index (χ3n) is 3.02. The van der Waals surface area contributed by atoms with Gasteiger partial charge in [0.15, 0.2) is 5.15 Å². The highest BCUT2D eigenvalue weighted by Crippen LogP contribution is 2.33. The predicted molar refractivity (Wildman–Crippen MR) is 74.0 cm³/mol. The Morgan fingerprint density at radius 3 is 2.57 bits per heavy atom. The fourth-order valence-electron chi connectivity index (χ4n) is 2.04. The van der Waals surface area contributed by atoms with E-state index < -0.39 is 17.5 Å². The molecule has 0 unspecified atom stereocenters. The average molecular weight is 326 g/mol. The number of hydrogen-bond acceptors (Lipinski definition) is 4. The molecule has 0 atom stereocenters. The minimum Gasteiger partial charge on any atom is -0.299 e. The highest BCUT2D eigenvalue weighted by molar-refractivity contribution is 6.52. The number of carbonyl (C=O) groups excluding carboxylic acids is 2. The van der Waals surface area contributed by atoms with E-state index in [1.54, 1.807) is 6.07 Å². The van der Waals surface area contributed by atoms with Crippen molar-refractivity contribution in [3.8, 4) is 0 Å². The van der Waals surface area contributed by atoms with E-state index in [4.69, 9.17) is 23.2 Å². The molecule has 1 aromatic carbocycles. The van der Waals surface area contributed by atoms with E-state index in [2.05, 4.69) is 10.2 Å². The van der Waals surface area contributed by atoms with Gasteiger partial charge in [-0.25, -0.2) is 4.39 Å². The van der Waals surface area contributed by atoms with Crippen LogP contribution in [0.25, 0.3) is 0 Å². The third-order valence-corrected chi connectivity index (χ3v) is 3.51. The van der Waals surface area contributed by atoms with Crippen LogP contribution in [0.5, 0.6) is 0 Å². The van der Waals surface area contributed by atoms with Crippen LogP contribution in [-0.4, -0.2) is 21.9 Å². The van der Waals surface area contributed by atoms with Crippen LogP contribution in [0.15, 0.2) is 24.3 Å². The quantitative estimate of drug-likeness (QED) is 0.796. The van der Waals surface area contributed by atoms with Crippen molar-refractivity contribution in [3.05, 3.63) is 51.5 Å². The molecule has 1 aliphatic rings. The number of anilines is 1. The molecule has 0 saturated heterocycles. The van der Waals surface area contributed by atoms with Gasteiger partial charge < -0.3 is 0 Å². The van der Waals surface area contributed by atoms with Crippen LogP contribution in [-0.2, 0) is 11.3 Å². The predicted octanol–water partition coefficient (Wildman–Crippen LogP) is 2.65. The molecule has 0 saturated carbocycles. The lowest BCUT2D eigenvalue weighted by Crippen LogP contribution is -2.29. The molecule has 0 aliphatic carbocycles. The van der Waals surface area contributed by atoms with Crippen molar-refractivity contribution in [2.75, 3.05) is 4.90 Å². The fraction of sp³-hybridized carbons (Fsp3) is 0.0769. The van der Waals surface area contributed by atoms with Gasteiger partial charge in [0, 0.05) is 0 Å². The summed E-state index contributed by atoms with van der Waals surface area (Å²) >= 11 is 11.3. The van der Waals surface area contributed by atoms with Crippen LogP contribution in [0.4, 0.5) is 10.1 Å². The Morgan fingerprint density at radius 1 is 1.14 bits per heavy atom. The Hall–Kier alpha value is -2.05. The Kier molecular flexibility index (Phi) is 3.35. The fourth-order valence-corrected chi connectivity index (χ4v) is 2.30. The standard InChI is InChI=1S/C13H6Cl2FN3O2/c14-8-3-7-10(4-9(8)16)19(13(21)12(7)20)5-6-1-2-11(15)18-17-6/h1-4H,5H2. The molecule has 21 heavy (non-hydrogen) atoms. The number of hydrogen-bond donors (Lipinski definition) is 0. The lowest BCUT2D eigenvalue weighted by atomic mass is 10.1. The van der Waals surface area contributed by atoms with E-state index in [-0.39, 0.29) is 28.0 Å². The van der Waals surface area contributed by atoms with Gasteiger partial charge in [-0.3, -0.25) is 14.5 Å². The highest BCUT2D eigenvalue weighted by Gasteiger charge is 2.37. The van der Waals surface area contributed by atoms with Crippen molar-refractivity contribution < 1.29 is 14.0 Å². The monoisotopic (exact) mass is 325 g/mol. The lowest BCUT2D eigenvalue weighted by Gasteiger charge is -2.15. The Bertz CT molecular complexity index is 765. The minimum absolute atomic E-state index is 0.0111. The molecule has 5 nitrogen and oxygen atoms in total. The van der Waals surface area contributed by atoms with Gasteiger partial charge in [0.1, 0.15) is 5.82 Å². The molecular formula is C13H6Cl2FN3O2. The summed E-state index contributed by atoms with van der Waals surface area (Å²) in [6.45, 7) is -0.0111. The molecule has 106 valence electrons. The first-order valence-electron chi connectivity index (χ1n) is 5.80. The van der Waals surface area contributed by atoms with Gasteiger partial charge >= 0.3 is 0 Å². The van der Waals surface area contributed by atoms with Crippen LogP contribution in [0, 0.1) is 5.82 Å². The first kappa shape index (κ1) is 13.9. The second kappa shape index (κ2) is 5.05. The van der Waals surface area contributed by atoms with Crippen LogP contribution in [0.2, 0.25) is 10.2 Å². The normalized spacial score (nSPS) is 13.8. The molecule has 2 aromatic rings. The number of fused-ring (bicyclic) bond motifs is 1. The topological polar surface area (TPSA) is 63.2 Å². The summed E-state index contributed by atoms with van der Waals surface area (Å²) in [5.74, 6) is -2.19. The SMILES string of the molecule is O=C1C(=O)N(Cc2ccc(Cl)nn2)c2cc(F)c(Cl)cc21. The Morgan fingerprint density at radius 2 is 1.90 bits per heavy atom. The number of benzene rings is 1. The van der Waals surface area contributed by atoms with Crippen LogP contribution < -0.4 is 4.90 Å². The van der Waals surface area contributed by atoms with Crippen molar-refractivity contribution in [1.29, 1.82) is 0 Å². The Balaban J connectivity index is 2.01. The molecule has 1 amide bonds. The number of nitrogens with zero attached hydrogens (tertiary/aromatic N) is 3. The zero-order valence-electron chi connectivity index (χ0n) is 10.3. The summed E-state index contributed by atoms with van der Waals surface area (Å²) in [6.07, 6.45) is 0. The molecule has 0 spiro atoms. The van der Waals surface area contributed by atoms with Crippen molar-refractivity contribution in [2.24, 2.45) is 0 Å². The molecule has 0 N–H and O–H groups in total. The van der Waals surface area contributed by atoms with E-state index in [9.17, 15) is 14.0 Å². The Labute approximate surface area is 128 Å². The minimum atomic E-state index is -0.761. The van der Waals surface area contributed by atoms with Gasteiger partial charge in [-0.15, -0.1) is 5.10 Å². The smallest absolute Gasteiger partial charge is 0.299 e. The number of Topliss-reactive ketones (excluding diaryl/α,β-unsaturated/α-hetero) is 1. The van der Waals surface area contributed by atoms with Gasteiger partial charge in [-0.1, -0.05) is 23.2 Å². The molecule has 0 radical (unpaired) electrons. The summed E-state index contributed by atoms with van der Waals surface area (Å²) in [6, 6.07) is 5.29. The van der Waals surface area contributed by atoms with Gasteiger partial charge in [-0.05, 0) is 24.3 Å². The molecular weight excluding hydrogens is 320 g/mol. The molecule has 0 bridgehead atoms. The van der Waals surface area contributed by atoms with Gasteiger partial charge in [0.2, 0.25) is 0 Å². The summed E-state index contributed by atoms with van der Waals surface area (Å²) in [5.41, 5.74) is 0.667. The summed E-state index contributed by atoms with van der Waals surface area (Å²) in [5, 5.41) is 7.46. The van der Waals surface area contributed by atoms with Gasteiger partial charge in [0.05, 0.1) is 28.5 Å².